The third-order valence-electron chi connectivity index (χ3n) is 3.48. The highest BCUT2D eigenvalue weighted by Crippen LogP contribution is 2.28. The van der Waals surface area contributed by atoms with Crippen LogP contribution >= 0.6 is 23.2 Å². The Morgan fingerprint density at radius 2 is 1.72 bits per heavy atom. The number of nitrogens with one attached hydrogen (secondary N) is 1. The van der Waals surface area contributed by atoms with E-state index in [0.29, 0.717) is 47.5 Å². The molecule has 134 valence electrons. The van der Waals surface area contributed by atoms with Crippen molar-refractivity contribution in [1.29, 1.82) is 0 Å². The minimum absolute atomic E-state index is 0.224. The number of ether oxygens (including phenoxy) is 2. The van der Waals surface area contributed by atoms with Crippen LogP contribution < -0.4 is 14.8 Å². The number of hydrogen-bond acceptors (Lipinski definition) is 3. The third kappa shape index (κ3) is 5.55. The maximum atomic E-state index is 12.2. The zero-order chi connectivity index (χ0) is 18.2. The lowest BCUT2D eigenvalue weighted by Crippen LogP contribution is -2.26. The van der Waals surface area contributed by atoms with E-state index in [9.17, 15) is 4.79 Å². The van der Waals surface area contributed by atoms with E-state index in [1.807, 2.05) is 32.0 Å². The van der Waals surface area contributed by atoms with Crippen LogP contribution in [0.15, 0.2) is 36.4 Å². The first-order chi connectivity index (χ1) is 12.0. The summed E-state index contributed by atoms with van der Waals surface area (Å²) in [6.07, 6.45) is 0.670. The molecule has 25 heavy (non-hydrogen) atoms. The molecule has 4 nitrogen and oxygen atoms in total. The molecule has 0 spiro atoms. The molecule has 0 aromatic heterocycles. The SMILES string of the molecule is CCOc1ccc(CCNC(=O)c2ccc(Cl)cc2Cl)cc1OCC. The predicted molar refractivity (Wildman–Crippen MR) is 101 cm³/mol. The number of amides is 1. The minimum atomic E-state index is -0.224. The van der Waals surface area contributed by atoms with Gasteiger partial charge < -0.3 is 14.8 Å². The van der Waals surface area contributed by atoms with Crippen molar-refractivity contribution in [3.05, 3.63) is 57.6 Å². The Labute approximate surface area is 158 Å². The fourth-order valence-electron chi connectivity index (χ4n) is 2.34. The quantitative estimate of drug-likeness (QED) is 0.716. The fraction of sp³-hybridized carbons (Fsp3) is 0.316. The Morgan fingerprint density at radius 1 is 1.00 bits per heavy atom. The summed E-state index contributed by atoms with van der Waals surface area (Å²) in [7, 11) is 0. The lowest BCUT2D eigenvalue weighted by molar-refractivity contribution is 0.0954. The van der Waals surface area contributed by atoms with E-state index < -0.39 is 0 Å². The molecule has 0 aliphatic heterocycles. The zero-order valence-electron chi connectivity index (χ0n) is 14.3. The summed E-state index contributed by atoms with van der Waals surface area (Å²) in [4.78, 5) is 12.2. The van der Waals surface area contributed by atoms with Crippen LogP contribution in [0.25, 0.3) is 0 Å². The Hall–Kier alpha value is -1.91. The highest BCUT2D eigenvalue weighted by molar-refractivity contribution is 6.36. The Bertz CT molecular complexity index is 735. The molecule has 0 radical (unpaired) electrons. The second-order valence-corrected chi connectivity index (χ2v) is 6.12. The molecule has 0 unspecified atom stereocenters. The average Bonchev–Trinajstić information content (AvgIpc) is 2.57. The molecule has 1 amide bonds. The normalized spacial score (nSPS) is 10.4. The van der Waals surface area contributed by atoms with E-state index in [4.69, 9.17) is 32.7 Å². The molecule has 0 bridgehead atoms. The second-order valence-electron chi connectivity index (χ2n) is 5.28. The third-order valence-corrected chi connectivity index (χ3v) is 4.03. The van der Waals surface area contributed by atoms with Gasteiger partial charge >= 0.3 is 0 Å². The van der Waals surface area contributed by atoms with Crippen molar-refractivity contribution in [1.82, 2.24) is 5.32 Å². The maximum absolute atomic E-state index is 12.2. The van der Waals surface area contributed by atoms with E-state index in [1.165, 1.54) is 0 Å². The molecule has 0 atom stereocenters. The van der Waals surface area contributed by atoms with Crippen LogP contribution in [0, 0.1) is 0 Å². The van der Waals surface area contributed by atoms with Crippen molar-refractivity contribution in [2.75, 3.05) is 19.8 Å². The summed E-state index contributed by atoms with van der Waals surface area (Å²) in [6, 6.07) is 10.6. The van der Waals surface area contributed by atoms with Crippen LogP contribution in [0.3, 0.4) is 0 Å². The fourth-order valence-corrected chi connectivity index (χ4v) is 2.83. The smallest absolute Gasteiger partial charge is 0.252 e. The minimum Gasteiger partial charge on any atom is -0.490 e. The van der Waals surface area contributed by atoms with E-state index in [0.717, 1.165) is 11.3 Å². The van der Waals surface area contributed by atoms with Crippen molar-refractivity contribution >= 4 is 29.1 Å². The van der Waals surface area contributed by atoms with Crippen LogP contribution in [0.4, 0.5) is 0 Å². The van der Waals surface area contributed by atoms with E-state index in [1.54, 1.807) is 18.2 Å². The van der Waals surface area contributed by atoms with Gasteiger partial charge in [0.1, 0.15) is 0 Å². The Kier molecular flexibility index (Phi) is 7.41. The van der Waals surface area contributed by atoms with Gasteiger partial charge in [-0.25, -0.2) is 0 Å². The van der Waals surface area contributed by atoms with Gasteiger partial charge in [-0.05, 0) is 56.2 Å². The summed E-state index contributed by atoms with van der Waals surface area (Å²) < 4.78 is 11.2. The Morgan fingerprint density at radius 3 is 2.40 bits per heavy atom. The number of rotatable bonds is 8. The first-order valence-corrected chi connectivity index (χ1v) is 8.92. The molecule has 0 aliphatic rings. The van der Waals surface area contributed by atoms with Gasteiger partial charge in [0.05, 0.1) is 23.8 Å². The number of benzene rings is 2. The molecule has 2 aromatic rings. The molecule has 0 saturated heterocycles. The largest absolute Gasteiger partial charge is 0.490 e. The van der Waals surface area contributed by atoms with Crippen LogP contribution in [0.2, 0.25) is 10.0 Å². The standard InChI is InChI=1S/C19H21Cl2NO3/c1-3-24-17-8-5-13(11-18(17)25-4-2)9-10-22-19(23)15-7-6-14(20)12-16(15)21/h5-8,11-12H,3-4,9-10H2,1-2H3,(H,22,23). The van der Waals surface area contributed by atoms with Gasteiger partial charge in [-0.3, -0.25) is 4.79 Å². The molecule has 0 aliphatic carbocycles. The Balaban J connectivity index is 1.96. The highest BCUT2D eigenvalue weighted by atomic mass is 35.5. The summed E-state index contributed by atoms with van der Waals surface area (Å²) in [5.74, 6) is 1.22. The molecule has 1 N–H and O–H groups in total. The number of carbonyl (C=O) groups excluding carboxylic acids is 1. The van der Waals surface area contributed by atoms with Gasteiger partial charge in [-0.2, -0.15) is 0 Å². The van der Waals surface area contributed by atoms with E-state index in [2.05, 4.69) is 5.32 Å². The van der Waals surface area contributed by atoms with Gasteiger partial charge in [0, 0.05) is 11.6 Å². The van der Waals surface area contributed by atoms with Crippen molar-refractivity contribution < 1.29 is 14.3 Å². The monoisotopic (exact) mass is 381 g/mol. The summed E-state index contributed by atoms with van der Waals surface area (Å²) in [6.45, 7) is 5.49. The topological polar surface area (TPSA) is 47.6 Å². The number of carbonyl (C=O) groups is 1. The molecule has 0 fully saturated rings. The van der Waals surface area contributed by atoms with Gasteiger partial charge in [-0.15, -0.1) is 0 Å². The van der Waals surface area contributed by atoms with Gasteiger partial charge in [0.2, 0.25) is 0 Å². The molecular formula is C19H21Cl2NO3. The van der Waals surface area contributed by atoms with Crippen LogP contribution in [-0.2, 0) is 6.42 Å². The zero-order valence-corrected chi connectivity index (χ0v) is 15.8. The van der Waals surface area contributed by atoms with Gasteiger partial charge in [0.15, 0.2) is 11.5 Å². The van der Waals surface area contributed by atoms with Crippen molar-refractivity contribution in [2.45, 2.75) is 20.3 Å². The molecule has 6 heteroatoms. The summed E-state index contributed by atoms with van der Waals surface area (Å²) in [5, 5.41) is 3.70. The summed E-state index contributed by atoms with van der Waals surface area (Å²) >= 11 is 11.9. The highest BCUT2D eigenvalue weighted by Gasteiger charge is 2.11. The summed E-state index contributed by atoms with van der Waals surface area (Å²) in [5.41, 5.74) is 1.46. The first-order valence-electron chi connectivity index (χ1n) is 8.17. The number of halogens is 2. The average molecular weight is 382 g/mol. The first kappa shape index (κ1) is 19.4. The molecule has 2 aromatic carbocycles. The van der Waals surface area contributed by atoms with Crippen LogP contribution in [-0.4, -0.2) is 25.7 Å². The number of hydrogen-bond donors (Lipinski definition) is 1. The maximum Gasteiger partial charge on any atom is 0.252 e. The van der Waals surface area contributed by atoms with Gasteiger partial charge in [-0.1, -0.05) is 29.3 Å². The molecule has 0 heterocycles. The van der Waals surface area contributed by atoms with Crippen molar-refractivity contribution in [2.24, 2.45) is 0 Å². The van der Waals surface area contributed by atoms with Crippen molar-refractivity contribution in [3.8, 4) is 11.5 Å². The molecular weight excluding hydrogens is 361 g/mol. The lowest BCUT2D eigenvalue weighted by Gasteiger charge is -2.13. The van der Waals surface area contributed by atoms with E-state index >= 15 is 0 Å². The molecule has 2 rings (SSSR count). The second kappa shape index (κ2) is 9.54. The lowest BCUT2D eigenvalue weighted by atomic mass is 10.1. The predicted octanol–water partition coefficient (Wildman–Crippen LogP) is 4.76. The van der Waals surface area contributed by atoms with E-state index in [-0.39, 0.29) is 5.91 Å². The van der Waals surface area contributed by atoms with Crippen molar-refractivity contribution in [3.63, 3.8) is 0 Å². The van der Waals surface area contributed by atoms with Gasteiger partial charge in [0.25, 0.3) is 5.91 Å². The van der Waals surface area contributed by atoms with Crippen LogP contribution in [0.1, 0.15) is 29.8 Å². The van der Waals surface area contributed by atoms with Crippen LogP contribution in [0.5, 0.6) is 11.5 Å². The molecule has 0 saturated carbocycles.